The van der Waals surface area contributed by atoms with Crippen LogP contribution in [0.1, 0.15) is 54.9 Å². The molecule has 0 aliphatic heterocycles. The van der Waals surface area contributed by atoms with Crippen LogP contribution in [0.2, 0.25) is 0 Å². The first-order valence-electron chi connectivity index (χ1n) is 8.37. The summed E-state index contributed by atoms with van der Waals surface area (Å²) in [6.45, 7) is 9.00. The van der Waals surface area contributed by atoms with Crippen molar-refractivity contribution in [2.75, 3.05) is 6.61 Å². The second kappa shape index (κ2) is 7.77. The summed E-state index contributed by atoms with van der Waals surface area (Å²) in [6.07, 6.45) is 4.62. The summed E-state index contributed by atoms with van der Waals surface area (Å²) in [5.41, 5.74) is 4.70. The highest BCUT2D eigenvalue weighted by atomic mass is 16.5. The lowest BCUT2D eigenvalue weighted by molar-refractivity contribution is -0.151. The normalized spacial score (nSPS) is 21.6. The molecule has 22 heavy (non-hydrogen) atoms. The molecule has 1 aliphatic carbocycles. The van der Waals surface area contributed by atoms with Crippen molar-refractivity contribution in [2.24, 2.45) is 0 Å². The van der Waals surface area contributed by atoms with E-state index in [1.165, 1.54) is 16.7 Å². The highest BCUT2D eigenvalue weighted by molar-refractivity contribution is 5.74. The zero-order chi connectivity index (χ0) is 16.1. The fourth-order valence-corrected chi connectivity index (χ4v) is 3.41. The van der Waals surface area contributed by atoms with Gasteiger partial charge in [-0.25, -0.2) is 0 Å². The average molecular weight is 304 g/mol. The Morgan fingerprint density at radius 2 is 1.59 bits per heavy atom. The summed E-state index contributed by atoms with van der Waals surface area (Å²) in [5.74, 6) is -0.102. The quantitative estimate of drug-likeness (QED) is 0.770. The molecule has 0 saturated heterocycles. The van der Waals surface area contributed by atoms with E-state index in [-0.39, 0.29) is 12.1 Å². The lowest BCUT2D eigenvalue weighted by atomic mass is 9.94. The summed E-state index contributed by atoms with van der Waals surface area (Å²) in [6, 6.07) is 4.26. The van der Waals surface area contributed by atoms with E-state index in [0.29, 0.717) is 12.5 Å². The monoisotopic (exact) mass is 304 g/mol. The number of benzene rings is 1. The molecule has 0 aromatic heterocycles. The number of hydrogen-bond donors (Lipinski definition) is 0. The molecule has 122 valence electrons. The largest absolute Gasteiger partial charge is 0.462 e. The van der Waals surface area contributed by atoms with Crippen molar-refractivity contribution in [3.8, 4) is 0 Å². The molecule has 0 atom stereocenters. The maximum atomic E-state index is 12.2. The Balaban J connectivity index is 1.87. The molecule has 0 radical (unpaired) electrons. The first-order chi connectivity index (χ1) is 10.5. The maximum absolute atomic E-state index is 12.2. The molecule has 1 aromatic carbocycles. The molecule has 3 heteroatoms. The molecule has 3 nitrogen and oxygen atoms in total. The zero-order valence-corrected chi connectivity index (χ0v) is 14.3. The second-order valence-electron chi connectivity index (χ2n) is 6.40. The van der Waals surface area contributed by atoms with E-state index in [1.807, 2.05) is 6.92 Å². The standard InChI is InChI=1S/C19H28O3/c1-5-21-16-6-8-17(9-7-16)22-19(20)12-18-14(3)10-13(2)11-15(18)4/h10-11,16-17H,5-9,12H2,1-4H3. The predicted molar refractivity (Wildman–Crippen MR) is 88.1 cm³/mol. The van der Waals surface area contributed by atoms with E-state index in [2.05, 4.69) is 32.9 Å². The Bertz CT molecular complexity index is 490. The van der Waals surface area contributed by atoms with Crippen molar-refractivity contribution in [1.82, 2.24) is 0 Å². The summed E-state index contributed by atoms with van der Waals surface area (Å²) < 4.78 is 11.3. The van der Waals surface area contributed by atoms with Crippen LogP contribution in [0.4, 0.5) is 0 Å². The molecule has 0 spiro atoms. The molecule has 2 rings (SSSR count). The number of rotatable bonds is 5. The van der Waals surface area contributed by atoms with Crippen molar-refractivity contribution in [1.29, 1.82) is 0 Å². The van der Waals surface area contributed by atoms with Crippen LogP contribution in [-0.4, -0.2) is 24.8 Å². The minimum absolute atomic E-state index is 0.0651. The first kappa shape index (κ1) is 17.0. The van der Waals surface area contributed by atoms with Gasteiger partial charge in [0, 0.05) is 6.61 Å². The molecular weight excluding hydrogens is 276 g/mol. The SMILES string of the molecule is CCOC1CCC(OC(=O)Cc2c(C)cc(C)cc2C)CC1. The molecule has 0 N–H and O–H groups in total. The van der Waals surface area contributed by atoms with Gasteiger partial charge in [0.05, 0.1) is 12.5 Å². The molecule has 1 aromatic rings. The maximum Gasteiger partial charge on any atom is 0.310 e. The minimum Gasteiger partial charge on any atom is -0.462 e. The van der Waals surface area contributed by atoms with Gasteiger partial charge in [-0.15, -0.1) is 0 Å². The van der Waals surface area contributed by atoms with E-state index in [9.17, 15) is 4.79 Å². The molecule has 1 fully saturated rings. The number of aryl methyl sites for hydroxylation is 3. The van der Waals surface area contributed by atoms with Gasteiger partial charge in [0.2, 0.25) is 0 Å². The fourth-order valence-electron chi connectivity index (χ4n) is 3.41. The van der Waals surface area contributed by atoms with E-state index in [4.69, 9.17) is 9.47 Å². The highest BCUT2D eigenvalue weighted by Crippen LogP contribution is 2.24. The van der Waals surface area contributed by atoms with E-state index >= 15 is 0 Å². The van der Waals surface area contributed by atoms with Gasteiger partial charge in [0.15, 0.2) is 0 Å². The van der Waals surface area contributed by atoms with E-state index < -0.39 is 0 Å². The molecule has 0 unspecified atom stereocenters. The van der Waals surface area contributed by atoms with Crippen molar-refractivity contribution in [3.05, 3.63) is 34.4 Å². The van der Waals surface area contributed by atoms with Gasteiger partial charge in [-0.2, -0.15) is 0 Å². The van der Waals surface area contributed by atoms with Gasteiger partial charge in [0.25, 0.3) is 0 Å². The predicted octanol–water partition coefficient (Wildman–Crippen LogP) is 4.05. The van der Waals surface area contributed by atoms with Crippen LogP contribution < -0.4 is 0 Å². The Morgan fingerprint density at radius 3 is 2.14 bits per heavy atom. The first-order valence-corrected chi connectivity index (χ1v) is 8.37. The van der Waals surface area contributed by atoms with Crippen LogP contribution in [0.25, 0.3) is 0 Å². The molecule has 0 heterocycles. The number of esters is 1. The van der Waals surface area contributed by atoms with Gasteiger partial charge >= 0.3 is 5.97 Å². The smallest absolute Gasteiger partial charge is 0.310 e. The summed E-state index contributed by atoms with van der Waals surface area (Å²) in [5, 5.41) is 0. The molecule has 0 amide bonds. The number of ether oxygens (including phenoxy) is 2. The molecular formula is C19H28O3. The van der Waals surface area contributed by atoms with Gasteiger partial charge in [-0.1, -0.05) is 17.7 Å². The van der Waals surface area contributed by atoms with E-state index in [1.54, 1.807) is 0 Å². The fraction of sp³-hybridized carbons (Fsp3) is 0.632. The third-order valence-electron chi connectivity index (χ3n) is 4.48. The van der Waals surface area contributed by atoms with Gasteiger partial charge in [0.1, 0.15) is 6.10 Å². The lowest BCUT2D eigenvalue weighted by Gasteiger charge is -2.28. The van der Waals surface area contributed by atoms with Crippen LogP contribution >= 0.6 is 0 Å². The third-order valence-corrected chi connectivity index (χ3v) is 4.48. The summed E-state index contributed by atoms with van der Waals surface area (Å²) in [7, 11) is 0. The van der Waals surface area contributed by atoms with Crippen LogP contribution in [0, 0.1) is 20.8 Å². The number of hydrogen-bond acceptors (Lipinski definition) is 3. The third kappa shape index (κ3) is 4.57. The second-order valence-corrected chi connectivity index (χ2v) is 6.40. The molecule has 0 bridgehead atoms. The summed E-state index contributed by atoms with van der Waals surface area (Å²) in [4.78, 5) is 12.2. The Labute approximate surface area is 134 Å². The topological polar surface area (TPSA) is 35.5 Å². The average Bonchev–Trinajstić information content (AvgIpc) is 2.45. The van der Waals surface area contributed by atoms with Gasteiger partial charge < -0.3 is 9.47 Å². The van der Waals surface area contributed by atoms with Crippen molar-refractivity contribution in [2.45, 2.75) is 72.0 Å². The Hall–Kier alpha value is -1.35. The Kier molecular flexibility index (Phi) is 6.01. The minimum atomic E-state index is -0.102. The van der Waals surface area contributed by atoms with Crippen LogP contribution in [0.5, 0.6) is 0 Å². The van der Waals surface area contributed by atoms with E-state index in [0.717, 1.165) is 37.9 Å². The summed E-state index contributed by atoms with van der Waals surface area (Å²) >= 11 is 0. The zero-order valence-electron chi connectivity index (χ0n) is 14.3. The van der Waals surface area contributed by atoms with Crippen LogP contribution in [0.3, 0.4) is 0 Å². The number of carbonyl (C=O) groups excluding carboxylic acids is 1. The highest BCUT2D eigenvalue weighted by Gasteiger charge is 2.24. The molecule has 1 aliphatic rings. The van der Waals surface area contributed by atoms with Crippen LogP contribution in [0.15, 0.2) is 12.1 Å². The Morgan fingerprint density at radius 1 is 1.05 bits per heavy atom. The van der Waals surface area contributed by atoms with Gasteiger partial charge in [-0.3, -0.25) is 4.79 Å². The molecule has 1 saturated carbocycles. The van der Waals surface area contributed by atoms with Crippen LogP contribution in [-0.2, 0) is 20.7 Å². The van der Waals surface area contributed by atoms with Crippen molar-refractivity contribution < 1.29 is 14.3 Å². The van der Waals surface area contributed by atoms with Gasteiger partial charge in [-0.05, 0) is 70.1 Å². The number of carbonyl (C=O) groups is 1. The van der Waals surface area contributed by atoms with Crippen molar-refractivity contribution in [3.63, 3.8) is 0 Å². The lowest BCUT2D eigenvalue weighted by Crippen LogP contribution is -2.29. The van der Waals surface area contributed by atoms with Crippen molar-refractivity contribution >= 4 is 5.97 Å².